The maximum atomic E-state index is 8.83. The highest BCUT2D eigenvalue weighted by Crippen LogP contribution is 2.11. The average Bonchev–Trinajstić information content (AvgIpc) is 2.19. The Bertz CT molecular complexity index is 124. The fourth-order valence-corrected chi connectivity index (χ4v) is 1.59. The summed E-state index contributed by atoms with van der Waals surface area (Å²) in [5.41, 5.74) is 0. The molecule has 2 atom stereocenters. The van der Waals surface area contributed by atoms with E-state index in [0.29, 0.717) is 18.6 Å². The number of hydrogen-bond acceptors (Lipinski definition) is 3. The van der Waals surface area contributed by atoms with Crippen LogP contribution in [0.15, 0.2) is 0 Å². The van der Waals surface area contributed by atoms with Gasteiger partial charge in [-0.3, -0.25) is 0 Å². The lowest BCUT2D eigenvalue weighted by atomic mass is 10.0. The highest BCUT2D eigenvalue weighted by atomic mass is 16.5. The van der Waals surface area contributed by atoms with Crippen LogP contribution in [0.25, 0.3) is 0 Å². The Labute approximate surface area is 80.5 Å². The molecule has 3 nitrogen and oxygen atoms in total. The molecule has 0 aliphatic carbocycles. The van der Waals surface area contributed by atoms with Crippen LogP contribution < -0.4 is 5.32 Å². The van der Waals surface area contributed by atoms with Crippen molar-refractivity contribution in [2.24, 2.45) is 5.92 Å². The van der Waals surface area contributed by atoms with Crippen molar-refractivity contribution in [2.75, 3.05) is 26.3 Å². The second-order valence-electron chi connectivity index (χ2n) is 3.92. The van der Waals surface area contributed by atoms with Crippen LogP contribution in [0, 0.1) is 5.92 Å². The van der Waals surface area contributed by atoms with Gasteiger partial charge in [-0.05, 0) is 18.8 Å². The van der Waals surface area contributed by atoms with Crippen LogP contribution in [0.1, 0.15) is 26.2 Å². The molecule has 0 aromatic carbocycles. The number of nitrogens with one attached hydrogen (secondary N) is 1. The minimum atomic E-state index is 0.309. The van der Waals surface area contributed by atoms with E-state index in [1.807, 2.05) is 0 Å². The molecule has 0 aromatic rings. The topological polar surface area (TPSA) is 41.5 Å². The normalized spacial score (nSPS) is 25.8. The molecule has 0 spiro atoms. The molecule has 2 unspecified atom stereocenters. The molecule has 1 saturated heterocycles. The molecule has 1 rings (SSSR count). The van der Waals surface area contributed by atoms with Gasteiger partial charge in [-0.2, -0.15) is 0 Å². The van der Waals surface area contributed by atoms with Crippen LogP contribution in [0.5, 0.6) is 0 Å². The van der Waals surface area contributed by atoms with Gasteiger partial charge in [0.2, 0.25) is 0 Å². The minimum absolute atomic E-state index is 0.309. The summed E-state index contributed by atoms with van der Waals surface area (Å²) in [5.74, 6) is 0.441. The van der Waals surface area contributed by atoms with Crippen LogP contribution >= 0.6 is 0 Å². The number of rotatable bonds is 5. The summed E-state index contributed by atoms with van der Waals surface area (Å²) in [6.45, 7) is 5.22. The SMILES string of the molecule is CC(CO)CCCC1CNCCO1. The van der Waals surface area contributed by atoms with Gasteiger partial charge >= 0.3 is 0 Å². The van der Waals surface area contributed by atoms with Gasteiger partial charge in [-0.25, -0.2) is 0 Å². The van der Waals surface area contributed by atoms with E-state index < -0.39 is 0 Å². The lowest BCUT2D eigenvalue weighted by Crippen LogP contribution is -2.38. The van der Waals surface area contributed by atoms with E-state index in [4.69, 9.17) is 9.84 Å². The molecular weight excluding hydrogens is 166 g/mol. The molecule has 3 heteroatoms. The maximum absolute atomic E-state index is 8.83. The molecule has 78 valence electrons. The van der Waals surface area contributed by atoms with Crippen LogP contribution in [0.2, 0.25) is 0 Å². The Balaban J connectivity index is 1.98. The van der Waals surface area contributed by atoms with Crippen molar-refractivity contribution in [2.45, 2.75) is 32.3 Å². The summed E-state index contributed by atoms with van der Waals surface area (Å²) in [7, 11) is 0. The number of aliphatic hydroxyl groups excluding tert-OH is 1. The monoisotopic (exact) mass is 187 g/mol. The molecule has 0 amide bonds. The van der Waals surface area contributed by atoms with E-state index in [2.05, 4.69) is 12.2 Å². The molecule has 1 heterocycles. The van der Waals surface area contributed by atoms with Gasteiger partial charge < -0.3 is 15.2 Å². The Kier molecular flexibility index (Phi) is 5.35. The molecule has 0 bridgehead atoms. The van der Waals surface area contributed by atoms with E-state index in [1.165, 1.54) is 0 Å². The van der Waals surface area contributed by atoms with Gasteiger partial charge in [-0.1, -0.05) is 13.3 Å². The van der Waals surface area contributed by atoms with Crippen molar-refractivity contribution in [3.63, 3.8) is 0 Å². The van der Waals surface area contributed by atoms with E-state index in [0.717, 1.165) is 39.0 Å². The van der Waals surface area contributed by atoms with Crippen LogP contribution in [0.3, 0.4) is 0 Å². The standard InChI is InChI=1S/C10H21NO2/c1-9(8-12)3-2-4-10-7-11-5-6-13-10/h9-12H,2-8H2,1H3. The second kappa shape index (κ2) is 6.35. The molecule has 1 aliphatic rings. The predicted molar refractivity (Wildman–Crippen MR) is 52.7 cm³/mol. The van der Waals surface area contributed by atoms with Gasteiger partial charge in [0.1, 0.15) is 0 Å². The first-order valence-corrected chi connectivity index (χ1v) is 5.26. The van der Waals surface area contributed by atoms with Crippen molar-refractivity contribution >= 4 is 0 Å². The zero-order valence-electron chi connectivity index (χ0n) is 8.46. The highest BCUT2D eigenvalue weighted by molar-refractivity contribution is 4.67. The first-order chi connectivity index (χ1) is 6.33. The first-order valence-electron chi connectivity index (χ1n) is 5.26. The van der Waals surface area contributed by atoms with Gasteiger partial charge in [0.15, 0.2) is 0 Å². The fourth-order valence-electron chi connectivity index (χ4n) is 1.59. The summed E-state index contributed by atoms with van der Waals surface area (Å²) in [5, 5.41) is 12.1. The van der Waals surface area contributed by atoms with Gasteiger partial charge in [0, 0.05) is 19.7 Å². The van der Waals surface area contributed by atoms with E-state index in [9.17, 15) is 0 Å². The van der Waals surface area contributed by atoms with Crippen LogP contribution in [-0.2, 0) is 4.74 Å². The third kappa shape index (κ3) is 4.60. The minimum Gasteiger partial charge on any atom is -0.396 e. The van der Waals surface area contributed by atoms with Crippen molar-refractivity contribution in [3.8, 4) is 0 Å². The molecule has 13 heavy (non-hydrogen) atoms. The van der Waals surface area contributed by atoms with Crippen molar-refractivity contribution < 1.29 is 9.84 Å². The van der Waals surface area contributed by atoms with Crippen LogP contribution in [0.4, 0.5) is 0 Å². The molecule has 0 radical (unpaired) electrons. The zero-order valence-corrected chi connectivity index (χ0v) is 8.46. The third-order valence-electron chi connectivity index (χ3n) is 2.54. The number of ether oxygens (including phenoxy) is 1. The molecule has 0 aromatic heterocycles. The van der Waals surface area contributed by atoms with Gasteiger partial charge in [-0.15, -0.1) is 0 Å². The summed E-state index contributed by atoms with van der Waals surface area (Å²) in [6, 6.07) is 0. The lowest BCUT2D eigenvalue weighted by molar-refractivity contribution is 0.0211. The number of morpholine rings is 1. The van der Waals surface area contributed by atoms with Crippen molar-refractivity contribution in [1.29, 1.82) is 0 Å². The largest absolute Gasteiger partial charge is 0.396 e. The van der Waals surface area contributed by atoms with Crippen LogP contribution in [-0.4, -0.2) is 37.5 Å². The molecular formula is C10H21NO2. The molecule has 0 saturated carbocycles. The Morgan fingerprint density at radius 3 is 3.08 bits per heavy atom. The molecule has 2 N–H and O–H groups in total. The Hall–Kier alpha value is -0.120. The van der Waals surface area contributed by atoms with Gasteiger partial charge in [0.25, 0.3) is 0 Å². The Morgan fingerprint density at radius 2 is 2.46 bits per heavy atom. The fraction of sp³-hybridized carbons (Fsp3) is 1.00. The molecule has 1 fully saturated rings. The maximum Gasteiger partial charge on any atom is 0.0700 e. The number of aliphatic hydroxyl groups is 1. The van der Waals surface area contributed by atoms with E-state index in [1.54, 1.807) is 0 Å². The summed E-state index contributed by atoms with van der Waals surface area (Å²) >= 11 is 0. The number of hydrogen-bond donors (Lipinski definition) is 2. The summed E-state index contributed by atoms with van der Waals surface area (Å²) in [4.78, 5) is 0. The van der Waals surface area contributed by atoms with E-state index in [-0.39, 0.29) is 0 Å². The smallest absolute Gasteiger partial charge is 0.0700 e. The third-order valence-corrected chi connectivity index (χ3v) is 2.54. The van der Waals surface area contributed by atoms with Gasteiger partial charge in [0.05, 0.1) is 12.7 Å². The Morgan fingerprint density at radius 1 is 1.62 bits per heavy atom. The summed E-state index contributed by atoms with van der Waals surface area (Å²) < 4.78 is 5.57. The average molecular weight is 187 g/mol. The van der Waals surface area contributed by atoms with Crippen molar-refractivity contribution in [1.82, 2.24) is 5.32 Å². The lowest BCUT2D eigenvalue weighted by Gasteiger charge is -2.23. The predicted octanol–water partition coefficient (Wildman–Crippen LogP) is 0.773. The molecule has 1 aliphatic heterocycles. The summed E-state index contributed by atoms with van der Waals surface area (Å²) in [6.07, 6.45) is 3.79. The van der Waals surface area contributed by atoms with Crippen molar-refractivity contribution in [3.05, 3.63) is 0 Å². The zero-order chi connectivity index (χ0) is 9.52. The highest BCUT2D eigenvalue weighted by Gasteiger charge is 2.12. The second-order valence-corrected chi connectivity index (χ2v) is 3.92. The quantitative estimate of drug-likeness (QED) is 0.668. The van der Waals surface area contributed by atoms with E-state index >= 15 is 0 Å². The first kappa shape index (κ1) is 11.0.